The van der Waals surface area contributed by atoms with E-state index >= 15 is 0 Å². The maximum Gasteiger partial charge on any atom is 0.204 e. The molecule has 0 aliphatic heterocycles. The van der Waals surface area contributed by atoms with Crippen molar-refractivity contribution in [2.75, 3.05) is 7.11 Å². The lowest BCUT2D eigenvalue weighted by Gasteiger charge is -2.17. The van der Waals surface area contributed by atoms with Crippen molar-refractivity contribution in [1.29, 1.82) is 0 Å². The highest BCUT2D eigenvalue weighted by molar-refractivity contribution is 9.12. The summed E-state index contributed by atoms with van der Waals surface area (Å²) in [6.07, 6.45) is 1.23. The highest BCUT2D eigenvalue weighted by atomic mass is 79.9. The smallest absolute Gasteiger partial charge is 0.204 e. The Labute approximate surface area is 112 Å². The number of ketones is 2. The van der Waals surface area contributed by atoms with Crippen molar-refractivity contribution < 1.29 is 14.3 Å². The topological polar surface area (TPSA) is 43.4 Å². The normalized spacial score (nSPS) is 14.5. The van der Waals surface area contributed by atoms with Crippen molar-refractivity contribution in [1.82, 2.24) is 0 Å². The Morgan fingerprint density at radius 1 is 1.29 bits per heavy atom. The number of fused-ring (bicyclic) bond motifs is 1. The SMILES string of the molecule is COc1cc(C)c(Cl)c2c1C(=O)C(Br)=CC2=O. The molecule has 0 saturated carbocycles. The number of Topliss-reactive ketones (excluding diaryl/α,β-unsaturated/α-hetero) is 1. The fraction of sp³-hybridized carbons (Fsp3) is 0.167. The van der Waals surface area contributed by atoms with Crippen LogP contribution in [0.5, 0.6) is 5.75 Å². The van der Waals surface area contributed by atoms with Gasteiger partial charge in [0.15, 0.2) is 5.78 Å². The lowest BCUT2D eigenvalue weighted by atomic mass is 9.92. The Hall–Kier alpha value is -1.13. The van der Waals surface area contributed by atoms with E-state index in [9.17, 15) is 9.59 Å². The van der Waals surface area contributed by atoms with Crippen LogP contribution in [0.3, 0.4) is 0 Å². The molecule has 17 heavy (non-hydrogen) atoms. The second-order valence-electron chi connectivity index (χ2n) is 3.65. The molecule has 3 nitrogen and oxygen atoms in total. The van der Waals surface area contributed by atoms with E-state index in [-0.39, 0.29) is 27.2 Å². The molecule has 0 heterocycles. The van der Waals surface area contributed by atoms with Crippen molar-refractivity contribution in [3.8, 4) is 5.75 Å². The molecule has 0 atom stereocenters. The van der Waals surface area contributed by atoms with Gasteiger partial charge in [0.1, 0.15) is 5.75 Å². The molecule has 0 radical (unpaired) electrons. The first kappa shape index (κ1) is 12.3. The van der Waals surface area contributed by atoms with Gasteiger partial charge in [0.2, 0.25) is 5.78 Å². The molecule has 1 aromatic rings. The summed E-state index contributed by atoms with van der Waals surface area (Å²) in [7, 11) is 1.45. The van der Waals surface area contributed by atoms with Crippen molar-refractivity contribution in [3.05, 3.63) is 38.3 Å². The summed E-state index contributed by atoms with van der Waals surface area (Å²) in [6.45, 7) is 1.76. The van der Waals surface area contributed by atoms with Crippen LogP contribution in [0.25, 0.3) is 0 Å². The summed E-state index contributed by atoms with van der Waals surface area (Å²) < 4.78 is 5.35. The van der Waals surface area contributed by atoms with E-state index in [0.717, 1.165) is 0 Å². The zero-order valence-electron chi connectivity index (χ0n) is 9.14. The Morgan fingerprint density at radius 2 is 1.94 bits per heavy atom. The fourth-order valence-electron chi connectivity index (χ4n) is 1.75. The van der Waals surface area contributed by atoms with E-state index in [0.29, 0.717) is 16.3 Å². The van der Waals surface area contributed by atoms with Crippen molar-refractivity contribution >= 4 is 39.1 Å². The lowest BCUT2D eigenvalue weighted by Crippen LogP contribution is -2.17. The molecule has 0 amide bonds. The summed E-state index contributed by atoms with van der Waals surface area (Å²) in [4.78, 5) is 23.9. The standard InChI is InChI=1S/C12H8BrClO3/c1-5-3-8(17-2)10-9(11(5)14)7(15)4-6(13)12(10)16/h3-4H,1-2H3. The lowest BCUT2D eigenvalue weighted by molar-refractivity contribution is 0.0989. The minimum Gasteiger partial charge on any atom is -0.496 e. The summed E-state index contributed by atoms with van der Waals surface area (Å²) in [5.41, 5.74) is 1.15. The zero-order chi connectivity index (χ0) is 12.7. The highest BCUT2D eigenvalue weighted by Gasteiger charge is 2.30. The first-order valence-corrected chi connectivity index (χ1v) is 5.97. The van der Waals surface area contributed by atoms with Gasteiger partial charge in [-0.1, -0.05) is 11.6 Å². The molecule has 0 saturated heterocycles. The molecule has 2 rings (SSSR count). The van der Waals surface area contributed by atoms with E-state index in [4.69, 9.17) is 16.3 Å². The van der Waals surface area contributed by atoms with Crippen LogP contribution in [0.1, 0.15) is 26.3 Å². The molecule has 1 aliphatic carbocycles. The minimum absolute atomic E-state index is 0.216. The van der Waals surface area contributed by atoms with Crippen molar-refractivity contribution in [3.63, 3.8) is 0 Å². The molecule has 0 spiro atoms. The summed E-state index contributed by atoms with van der Waals surface area (Å²) in [5, 5.41) is 0.301. The van der Waals surface area contributed by atoms with Crippen LogP contribution in [-0.2, 0) is 0 Å². The summed E-state index contributed by atoms with van der Waals surface area (Å²) in [6, 6.07) is 1.65. The maximum atomic E-state index is 12.0. The Balaban J connectivity index is 2.85. The molecule has 0 N–H and O–H groups in total. The third-order valence-electron chi connectivity index (χ3n) is 2.58. The second-order valence-corrected chi connectivity index (χ2v) is 4.88. The van der Waals surface area contributed by atoms with Gasteiger partial charge >= 0.3 is 0 Å². The average molecular weight is 316 g/mol. The van der Waals surface area contributed by atoms with Crippen LogP contribution in [0, 0.1) is 6.92 Å². The van der Waals surface area contributed by atoms with Gasteiger partial charge in [0, 0.05) is 6.08 Å². The number of allylic oxidation sites excluding steroid dienone is 2. The fourth-order valence-corrected chi connectivity index (χ4v) is 2.40. The number of methoxy groups -OCH3 is 1. The minimum atomic E-state index is -0.293. The number of hydrogen-bond acceptors (Lipinski definition) is 3. The number of hydrogen-bond donors (Lipinski definition) is 0. The predicted octanol–water partition coefficient (Wildman–Crippen LogP) is 3.31. The van der Waals surface area contributed by atoms with E-state index in [1.165, 1.54) is 13.2 Å². The quantitative estimate of drug-likeness (QED) is 0.798. The molecule has 88 valence electrons. The average Bonchev–Trinajstić information content (AvgIpc) is 2.29. The Kier molecular flexibility index (Phi) is 3.10. The third-order valence-corrected chi connectivity index (χ3v) is 3.65. The monoisotopic (exact) mass is 314 g/mol. The van der Waals surface area contributed by atoms with E-state index in [2.05, 4.69) is 15.9 Å². The van der Waals surface area contributed by atoms with E-state index in [1.54, 1.807) is 13.0 Å². The van der Waals surface area contributed by atoms with Gasteiger partial charge in [-0.3, -0.25) is 9.59 Å². The van der Waals surface area contributed by atoms with Crippen LogP contribution in [-0.4, -0.2) is 18.7 Å². The van der Waals surface area contributed by atoms with Crippen LogP contribution in [0.15, 0.2) is 16.6 Å². The van der Waals surface area contributed by atoms with Gasteiger partial charge in [-0.25, -0.2) is 0 Å². The molecule has 0 bridgehead atoms. The molecular weight excluding hydrogens is 307 g/mol. The third kappa shape index (κ3) is 1.81. The molecule has 0 fully saturated rings. The summed E-state index contributed by atoms with van der Waals surface area (Å²) >= 11 is 9.14. The predicted molar refractivity (Wildman–Crippen MR) is 68.4 cm³/mol. The Morgan fingerprint density at radius 3 is 2.53 bits per heavy atom. The van der Waals surface area contributed by atoms with Crippen LogP contribution in [0.4, 0.5) is 0 Å². The van der Waals surface area contributed by atoms with Crippen molar-refractivity contribution in [2.45, 2.75) is 6.92 Å². The van der Waals surface area contributed by atoms with Gasteiger partial charge in [-0.2, -0.15) is 0 Å². The van der Waals surface area contributed by atoms with E-state index in [1.807, 2.05) is 0 Å². The first-order valence-electron chi connectivity index (χ1n) is 4.80. The first-order chi connectivity index (χ1) is 7.97. The van der Waals surface area contributed by atoms with Crippen LogP contribution >= 0.6 is 27.5 Å². The molecule has 5 heteroatoms. The van der Waals surface area contributed by atoms with Gasteiger partial charge < -0.3 is 4.74 Å². The molecular formula is C12H8BrClO3. The highest BCUT2D eigenvalue weighted by Crippen LogP contribution is 2.37. The molecule has 1 aromatic carbocycles. The second kappa shape index (κ2) is 4.27. The zero-order valence-corrected chi connectivity index (χ0v) is 11.5. The van der Waals surface area contributed by atoms with Gasteiger partial charge in [-0.15, -0.1) is 0 Å². The van der Waals surface area contributed by atoms with E-state index < -0.39 is 0 Å². The number of carbonyl (C=O) groups excluding carboxylic acids is 2. The number of ether oxygens (including phenoxy) is 1. The molecule has 1 aliphatic rings. The number of rotatable bonds is 1. The number of aryl methyl sites for hydroxylation is 1. The largest absolute Gasteiger partial charge is 0.496 e. The molecule has 0 unspecified atom stereocenters. The number of carbonyl (C=O) groups is 2. The van der Waals surface area contributed by atoms with Crippen LogP contribution < -0.4 is 4.74 Å². The van der Waals surface area contributed by atoms with Gasteiger partial charge in [-0.05, 0) is 34.5 Å². The maximum absolute atomic E-state index is 12.0. The summed E-state index contributed by atoms with van der Waals surface area (Å²) in [5.74, 6) is -0.220. The van der Waals surface area contributed by atoms with Gasteiger partial charge in [0.25, 0.3) is 0 Å². The number of halogens is 2. The van der Waals surface area contributed by atoms with Crippen LogP contribution in [0.2, 0.25) is 5.02 Å². The van der Waals surface area contributed by atoms with Gasteiger partial charge in [0.05, 0.1) is 27.7 Å². The van der Waals surface area contributed by atoms with Crippen molar-refractivity contribution in [2.24, 2.45) is 0 Å². The molecule has 0 aromatic heterocycles. The number of benzene rings is 1. The Bertz CT molecular complexity index is 576.